The fraction of sp³-hybridized carbons (Fsp3) is 0.0667. The van der Waals surface area contributed by atoms with Crippen LogP contribution in [-0.4, -0.2) is 0 Å². The van der Waals surface area contributed by atoms with Crippen LogP contribution in [0.3, 0.4) is 0 Å². The summed E-state index contributed by atoms with van der Waals surface area (Å²) in [5.74, 6) is 0. The smallest absolute Gasteiger partial charge is 0.147 e. The Morgan fingerprint density at radius 2 is 1.18 bits per heavy atom. The van der Waals surface area contributed by atoms with E-state index in [9.17, 15) is 0 Å². The molecule has 6 rings (SSSR count). The van der Waals surface area contributed by atoms with E-state index in [2.05, 4.69) is 121 Å². The third kappa shape index (κ3) is 3.81. The van der Waals surface area contributed by atoms with Gasteiger partial charge in [-0.15, -0.1) is 24.8 Å². The molecule has 0 saturated carbocycles. The summed E-state index contributed by atoms with van der Waals surface area (Å²) >= 11 is -3.45. The van der Waals surface area contributed by atoms with Crippen LogP contribution >= 0.6 is 24.8 Å². The molecule has 0 bridgehead atoms. The van der Waals surface area contributed by atoms with Gasteiger partial charge in [0.1, 0.15) is 0 Å². The molecule has 0 nitrogen and oxygen atoms in total. The number of halogens is 2. The van der Waals surface area contributed by atoms with E-state index < -0.39 is 20.3 Å². The molecule has 0 fully saturated rings. The van der Waals surface area contributed by atoms with Crippen molar-refractivity contribution in [2.75, 3.05) is 0 Å². The molecule has 2 aliphatic carbocycles. The van der Waals surface area contributed by atoms with Gasteiger partial charge in [0.15, 0.2) is 0 Å². The maximum Gasteiger partial charge on any atom is -0.147 e. The predicted octanol–water partition coefficient (Wildman–Crippen LogP) is 6.38. The summed E-state index contributed by atoms with van der Waals surface area (Å²) in [5, 5.41) is 0. The van der Waals surface area contributed by atoms with Crippen molar-refractivity contribution in [3.63, 3.8) is 0 Å². The molecule has 0 aliphatic heterocycles. The molecule has 0 saturated heterocycles. The van der Waals surface area contributed by atoms with E-state index in [4.69, 9.17) is 0 Å². The van der Waals surface area contributed by atoms with Crippen molar-refractivity contribution in [3.8, 4) is 11.1 Å². The van der Waals surface area contributed by atoms with E-state index in [1.165, 1.54) is 16.7 Å². The van der Waals surface area contributed by atoms with Crippen LogP contribution in [0.15, 0.2) is 125 Å². The van der Waals surface area contributed by atoms with Crippen molar-refractivity contribution in [2.24, 2.45) is 0 Å². The first kappa shape index (κ1) is 24.0. The number of hydrogen-bond donors (Lipinski definition) is 0. The summed E-state index contributed by atoms with van der Waals surface area (Å²) in [5.41, 5.74) is 5.87. The van der Waals surface area contributed by atoms with Gasteiger partial charge in [-0.25, -0.2) is 0 Å². The van der Waals surface area contributed by atoms with Crippen LogP contribution in [0.5, 0.6) is 0 Å². The minimum absolute atomic E-state index is 0. The average Bonchev–Trinajstić information content (AvgIpc) is 3.50. The van der Waals surface area contributed by atoms with Gasteiger partial charge < -0.3 is 0 Å². The second kappa shape index (κ2) is 9.98. The molecule has 0 heterocycles. The van der Waals surface area contributed by atoms with Gasteiger partial charge >= 0.3 is 190 Å². The summed E-state index contributed by atoms with van der Waals surface area (Å²) in [4.78, 5) is 0. The summed E-state index contributed by atoms with van der Waals surface area (Å²) in [6, 6.07) is 38.8. The number of rotatable bonds is 4. The van der Waals surface area contributed by atoms with E-state index in [0.29, 0.717) is 0 Å². The average molecular weight is 549 g/mol. The van der Waals surface area contributed by atoms with Crippen LogP contribution in [0.4, 0.5) is 0 Å². The standard InChI is InChI=1S/C13H9.2C6H5.C5H5.2ClH.Zr/c1-3-7-12-10(5-1)9-11-6-2-4-8-13(11)12;2*1-2-4-6-5-3-1;1-2-4-5-3-1;;;/h1-5,7-8H,9H2;2*1-5H;1-3H,4H2;2*1H;. The zero-order valence-electron chi connectivity index (χ0n) is 18.3. The maximum atomic E-state index is 2.46. The van der Waals surface area contributed by atoms with Gasteiger partial charge in [0.05, 0.1) is 0 Å². The first-order chi connectivity index (χ1) is 15.4. The van der Waals surface area contributed by atoms with Crippen LogP contribution < -0.4 is 9.81 Å². The minimum atomic E-state index is -3.45. The Hall–Kier alpha value is -2.18. The van der Waals surface area contributed by atoms with Crippen molar-refractivity contribution >= 4 is 34.6 Å². The van der Waals surface area contributed by atoms with Crippen LogP contribution in [0.2, 0.25) is 0 Å². The maximum absolute atomic E-state index is 3.45. The zero-order valence-corrected chi connectivity index (χ0v) is 22.4. The van der Waals surface area contributed by atoms with Crippen molar-refractivity contribution in [3.05, 3.63) is 136 Å². The largest absolute Gasteiger partial charge is 0.147 e. The SMILES string of the molecule is C1=CC[C]([Zr]([c]2ccccc2)([c]2ccccc2)[c]2cccc3c2Cc2ccccc2-3)=C1.Cl.Cl. The number of allylic oxidation sites excluding steroid dienone is 4. The van der Waals surface area contributed by atoms with Crippen molar-refractivity contribution in [1.29, 1.82) is 0 Å². The van der Waals surface area contributed by atoms with Crippen molar-refractivity contribution in [1.82, 2.24) is 0 Å². The molecule has 2 aliphatic rings. The molecule has 0 atom stereocenters. The third-order valence-electron chi connectivity index (χ3n) is 6.92. The molecule has 4 aromatic carbocycles. The number of fused-ring (bicyclic) bond motifs is 3. The molecule has 0 aromatic heterocycles. The zero-order chi connectivity index (χ0) is 20.7. The van der Waals surface area contributed by atoms with Gasteiger partial charge in [-0.05, 0) is 0 Å². The summed E-state index contributed by atoms with van der Waals surface area (Å²) in [7, 11) is 0. The Bertz CT molecular complexity index is 1280. The monoisotopic (exact) mass is 546 g/mol. The van der Waals surface area contributed by atoms with Gasteiger partial charge in [-0.3, -0.25) is 0 Å². The number of hydrogen-bond acceptors (Lipinski definition) is 0. The quantitative estimate of drug-likeness (QED) is 0.245. The van der Waals surface area contributed by atoms with Crippen LogP contribution in [0.1, 0.15) is 17.5 Å². The second-order valence-electron chi connectivity index (χ2n) is 8.47. The first-order valence-electron chi connectivity index (χ1n) is 11.1. The molecular weight excluding hydrogens is 522 g/mol. The second-order valence-corrected chi connectivity index (χ2v) is 17.9. The molecule has 0 amide bonds. The summed E-state index contributed by atoms with van der Waals surface area (Å²) in [6.07, 6.45) is 9.14. The summed E-state index contributed by atoms with van der Waals surface area (Å²) < 4.78 is 6.36. The van der Waals surface area contributed by atoms with Crippen LogP contribution in [0.25, 0.3) is 11.1 Å². The molecule has 0 N–H and O–H groups in total. The molecule has 3 heteroatoms. The van der Waals surface area contributed by atoms with Crippen LogP contribution in [0, 0.1) is 0 Å². The van der Waals surface area contributed by atoms with E-state index in [1.54, 1.807) is 18.7 Å². The predicted molar refractivity (Wildman–Crippen MR) is 143 cm³/mol. The molecule has 4 aromatic rings. The topological polar surface area (TPSA) is 0 Å². The Balaban J connectivity index is 0.00000130. The molecule has 33 heavy (non-hydrogen) atoms. The minimum Gasteiger partial charge on any atom is -0.147 e. The van der Waals surface area contributed by atoms with Gasteiger partial charge in [-0.2, -0.15) is 0 Å². The fourth-order valence-corrected chi connectivity index (χ4v) is 18.5. The van der Waals surface area contributed by atoms with Gasteiger partial charge in [0, 0.05) is 0 Å². The van der Waals surface area contributed by atoms with Gasteiger partial charge in [0.2, 0.25) is 0 Å². The van der Waals surface area contributed by atoms with E-state index in [0.717, 1.165) is 12.8 Å². The molecule has 0 unspecified atom stereocenters. The molecular formula is C30H26Cl2Zr. The van der Waals surface area contributed by atoms with Crippen molar-refractivity contribution < 1.29 is 20.3 Å². The van der Waals surface area contributed by atoms with Gasteiger partial charge in [-0.1, -0.05) is 0 Å². The van der Waals surface area contributed by atoms with E-state index in [-0.39, 0.29) is 24.8 Å². The Morgan fingerprint density at radius 1 is 0.576 bits per heavy atom. The Labute approximate surface area is 213 Å². The molecule has 0 radical (unpaired) electrons. The number of benzene rings is 4. The Kier molecular flexibility index (Phi) is 7.25. The van der Waals surface area contributed by atoms with Gasteiger partial charge in [0.25, 0.3) is 0 Å². The normalized spacial score (nSPS) is 13.4. The first-order valence-corrected chi connectivity index (χ1v) is 16.0. The summed E-state index contributed by atoms with van der Waals surface area (Å²) in [6.45, 7) is 0. The van der Waals surface area contributed by atoms with Crippen molar-refractivity contribution in [2.45, 2.75) is 12.8 Å². The third-order valence-corrected chi connectivity index (χ3v) is 19.2. The van der Waals surface area contributed by atoms with E-state index in [1.807, 2.05) is 0 Å². The van der Waals surface area contributed by atoms with E-state index >= 15 is 0 Å². The molecule has 164 valence electrons. The van der Waals surface area contributed by atoms with Crippen LogP contribution in [-0.2, 0) is 26.7 Å². The Morgan fingerprint density at radius 3 is 1.82 bits per heavy atom. The fourth-order valence-electron chi connectivity index (χ4n) is 5.63. The molecule has 0 spiro atoms.